The number of aryl methyl sites for hydroxylation is 1. The maximum absolute atomic E-state index is 13.0. The number of aromatic nitrogens is 4. The van der Waals surface area contributed by atoms with Crippen LogP contribution < -0.4 is 15.5 Å². The first-order valence-corrected chi connectivity index (χ1v) is 11.3. The predicted octanol–water partition coefficient (Wildman–Crippen LogP) is 3.84. The number of carbonyl (C=O) groups excluding carboxylic acids is 2. The van der Waals surface area contributed by atoms with Crippen LogP contribution in [0.3, 0.4) is 0 Å². The molecule has 37 heavy (non-hydrogen) atoms. The first-order valence-electron chi connectivity index (χ1n) is 11.3. The Hall–Kier alpha value is -4.41. The SMILES string of the molecule is CC1(C)CCN(c2nn(CCC#N)cc2NC(=O)c2coc(-c3ccnc(NCC(F)(F)F)c3)n2)C1=O. The zero-order valence-corrected chi connectivity index (χ0v) is 20.0. The minimum atomic E-state index is -4.41. The highest BCUT2D eigenvalue weighted by atomic mass is 19.4. The lowest BCUT2D eigenvalue weighted by Gasteiger charge is -2.18. The summed E-state index contributed by atoms with van der Waals surface area (Å²) in [5, 5.41) is 18.2. The third-order valence-electron chi connectivity index (χ3n) is 5.70. The van der Waals surface area contributed by atoms with Gasteiger partial charge in [0.05, 0.1) is 25.2 Å². The molecule has 3 aromatic heterocycles. The molecule has 0 aromatic carbocycles. The van der Waals surface area contributed by atoms with Crippen molar-refractivity contribution in [2.45, 2.75) is 39.4 Å². The number of anilines is 3. The molecule has 1 aliphatic heterocycles. The zero-order valence-electron chi connectivity index (χ0n) is 20.0. The Bertz CT molecular complexity index is 1360. The van der Waals surface area contributed by atoms with Crippen molar-refractivity contribution < 1.29 is 27.2 Å². The van der Waals surface area contributed by atoms with Crippen molar-refractivity contribution in [1.29, 1.82) is 5.26 Å². The zero-order chi connectivity index (χ0) is 26.8. The summed E-state index contributed by atoms with van der Waals surface area (Å²) in [5.74, 6) is -0.549. The van der Waals surface area contributed by atoms with Crippen LogP contribution in [0.4, 0.5) is 30.5 Å². The Balaban J connectivity index is 1.53. The molecule has 0 spiro atoms. The van der Waals surface area contributed by atoms with Crippen LogP contribution in [-0.2, 0) is 11.3 Å². The number of carbonyl (C=O) groups is 2. The molecule has 0 unspecified atom stereocenters. The summed E-state index contributed by atoms with van der Waals surface area (Å²) in [6, 6.07) is 4.82. The number of nitrogens with one attached hydrogen (secondary N) is 2. The topological polar surface area (TPSA) is 142 Å². The fourth-order valence-electron chi connectivity index (χ4n) is 3.69. The van der Waals surface area contributed by atoms with E-state index in [0.717, 1.165) is 6.26 Å². The molecule has 2 N–H and O–H groups in total. The summed E-state index contributed by atoms with van der Waals surface area (Å²) in [4.78, 5) is 35.3. The van der Waals surface area contributed by atoms with Gasteiger partial charge in [-0.15, -0.1) is 0 Å². The van der Waals surface area contributed by atoms with Crippen LogP contribution in [0.15, 0.2) is 35.2 Å². The number of nitriles is 1. The van der Waals surface area contributed by atoms with E-state index < -0.39 is 24.0 Å². The Labute approximate surface area is 209 Å². The Kier molecular flexibility index (Phi) is 6.88. The molecule has 0 radical (unpaired) electrons. The monoisotopic (exact) mass is 516 g/mol. The lowest BCUT2D eigenvalue weighted by molar-refractivity contribution is -0.124. The fourth-order valence-corrected chi connectivity index (χ4v) is 3.69. The predicted molar refractivity (Wildman–Crippen MR) is 125 cm³/mol. The number of nitrogens with zero attached hydrogens (tertiary/aromatic N) is 6. The molecule has 2 amide bonds. The van der Waals surface area contributed by atoms with Gasteiger partial charge in [0.2, 0.25) is 11.8 Å². The quantitative estimate of drug-likeness (QED) is 0.460. The van der Waals surface area contributed by atoms with E-state index in [4.69, 9.17) is 9.68 Å². The number of amides is 2. The van der Waals surface area contributed by atoms with Gasteiger partial charge in [0.1, 0.15) is 24.3 Å². The third kappa shape index (κ3) is 5.88. The highest BCUT2D eigenvalue weighted by Gasteiger charge is 2.41. The van der Waals surface area contributed by atoms with Gasteiger partial charge in [-0.05, 0) is 18.6 Å². The van der Waals surface area contributed by atoms with E-state index in [-0.39, 0.29) is 47.8 Å². The lowest BCUT2D eigenvalue weighted by atomic mass is 9.92. The molecule has 0 aliphatic carbocycles. The van der Waals surface area contributed by atoms with Crippen LogP contribution in [0.5, 0.6) is 0 Å². The number of hydrogen-bond donors (Lipinski definition) is 2. The number of hydrogen-bond acceptors (Lipinski definition) is 8. The molecule has 4 rings (SSSR count). The van der Waals surface area contributed by atoms with Crippen molar-refractivity contribution in [2.24, 2.45) is 5.41 Å². The van der Waals surface area contributed by atoms with Crippen LogP contribution in [0.1, 0.15) is 37.2 Å². The molecule has 14 heteroatoms. The molecule has 3 aromatic rings. The summed E-state index contributed by atoms with van der Waals surface area (Å²) in [5.41, 5.74) is -0.0907. The Morgan fingerprint density at radius 2 is 2.14 bits per heavy atom. The third-order valence-corrected chi connectivity index (χ3v) is 5.70. The van der Waals surface area contributed by atoms with E-state index in [2.05, 4.69) is 25.7 Å². The Morgan fingerprint density at radius 3 is 2.81 bits per heavy atom. The average molecular weight is 516 g/mol. The maximum Gasteiger partial charge on any atom is 0.405 e. The van der Waals surface area contributed by atoms with E-state index in [0.29, 0.717) is 18.5 Å². The molecule has 1 fully saturated rings. The maximum atomic E-state index is 13.0. The van der Waals surface area contributed by atoms with Gasteiger partial charge in [-0.25, -0.2) is 9.97 Å². The highest BCUT2D eigenvalue weighted by Crippen LogP contribution is 2.36. The summed E-state index contributed by atoms with van der Waals surface area (Å²) in [6.45, 7) is 3.10. The summed E-state index contributed by atoms with van der Waals surface area (Å²) in [7, 11) is 0. The molecule has 0 saturated carbocycles. The molecule has 11 nitrogen and oxygen atoms in total. The first-order chi connectivity index (χ1) is 17.5. The second-order valence-electron chi connectivity index (χ2n) is 9.02. The number of rotatable bonds is 8. The molecule has 1 saturated heterocycles. The minimum absolute atomic E-state index is 0.00372. The van der Waals surface area contributed by atoms with E-state index in [1.807, 2.05) is 19.9 Å². The fraction of sp³-hybridized carbons (Fsp3) is 0.391. The van der Waals surface area contributed by atoms with Crippen molar-refractivity contribution in [2.75, 3.05) is 28.6 Å². The van der Waals surface area contributed by atoms with E-state index >= 15 is 0 Å². The van der Waals surface area contributed by atoms with Crippen molar-refractivity contribution >= 4 is 29.1 Å². The molecular weight excluding hydrogens is 493 g/mol. The number of pyridine rings is 1. The van der Waals surface area contributed by atoms with Crippen LogP contribution in [0.25, 0.3) is 11.5 Å². The minimum Gasteiger partial charge on any atom is -0.444 e. The van der Waals surface area contributed by atoms with E-state index in [1.165, 1.54) is 34.1 Å². The number of alkyl halides is 3. The summed E-state index contributed by atoms with van der Waals surface area (Å²) >= 11 is 0. The smallest absolute Gasteiger partial charge is 0.405 e. The van der Waals surface area contributed by atoms with Crippen LogP contribution >= 0.6 is 0 Å². The average Bonchev–Trinajstić information content (AvgIpc) is 3.55. The van der Waals surface area contributed by atoms with Crippen LogP contribution in [-0.4, -0.2) is 50.8 Å². The first kappa shape index (κ1) is 25.7. The van der Waals surface area contributed by atoms with Gasteiger partial charge in [0, 0.05) is 23.7 Å². The normalized spacial score (nSPS) is 15.0. The molecule has 4 heterocycles. The van der Waals surface area contributed by atoms with Crippen molar-refractivity contribution in [1.82, 2.24) is 19.7 Å². The second kappa shape index (κ2) is 9.92. The summed E-state index contributed by atoms with van der Waals surface area (Å²) < 4.78 is 44.3. The van der Waals surface area contributed by atoms with Gasteiger partial charge in [-0.2, -0.15) is 23.5 Å². The van der Waals surface area contributed by atoms with Crippen molar-refractivity contribution in [3.05, 3.63) is 36.5 Å². The molecule has 0 bridgehead atoms. The van der Waals surface area contributed by atoms with Gasteiger partial charge >= 0.3 is 6.18 Å². The highest BCUT2D eigenvalue weighted by molar-refractivity contribution is 6.07. The second-order valence-corrected chi connectivity index (χ2v) is 9.02. The van der Waals surface area contributed by atoms with Crippen molar-refractivity contribution in [3.8, 4) is 17.5 Å². The molecule has 1 aliphatic rings. The molecular formula is C23H23F3N8O3. The van der Waals surface area contributed by atoms with E-state index in [9.17, 15) is 22.8 Å². The van der Waals surface area contributed by atoms with Gasteiger partial charge in [-0.3, -0.25) is 19.2 Å². The van der Waals surface area contributed by atoms with Gasteiger partial charge < -0.3 is 15.1 Å². The van der Waals surface area contributed by atoms with Crippen molar-refractivity contribution in [3.63, 3.8) is 0 Å². The van der Waals surface area contributed by atoms with Crippen LogP contribution in [0, 0.1) is 16.7 Å². The number of oxazole rings is 1. The van der Waals surface area contributed by atoms with Gasteiger partial charge in [-0.1, -0.05) is 13.8 Å². The molecule has 194 valence electrons. The lowest BCUT2D eigenvalue weighted by Crippen LogP contribution is -2.32. The summed E-state index contributed by atoms with van der Waals surface area (Å²) in [6.07, 6.45) is 0.315. The molecule has 0 atom stereocenters. The standard InChI is InChI=1S/C23H23F3N8O3/c1-22(2)5-9-34(21(22)36)18-15(11-33(32-18)8-3-6-27)30-19(35)16-12-37-20(31-16)14-4-7-28-17(10-14)29-13-23(24,25)26/h4,7,10-12H,3,5,8-9,13H2,1-2H3,(H,28,29)(H,30,35). The van der Waals surface area contributed by atoms with Gasteiger partial charge in [0.25, 0.3) is 5.91 Å². The largest absolute Gasteiger partial charge is 0.444 e. The van der Waals surface area contributed by atoms with E-state index in [1.54, 1.807) is 0 Å². The van der Waals surface area contributed by atoms with Crippen LogP contribution in [0.2, 0.25) is 0 Å². The van der Waals surface area contributed by atoms with Gasteiger partial charge in [0.15, 0.2) is 11.5 Å². The number of halogens is 3. The Morgan fingerprint density at radius 1 is 1.35 bits per heavy atom.